The lowest BCUT2D eigenvalue weighted by Gasteiger charge is -2.37. The number of nitrogens with one attached hydrogen (secondary N) is 4. The number of carbonyl (C=O) groups is 3. The van der Waals surface area contributed by atoms with Crippen molar-refractivity contribution in [3.05, 3.63) is 76.7 Å². The first kappa shape index (κ1) is 28.1. The van der Waals surface area contributed by atoms with E-state index in [1.54, 1.807) is 29.3 Å². The third kappa shape index (κ3) is 6.02. The van der Waals surface area contributed by atoms with Crippen molar-refractivity contribution < 1.29 is 27.9 Å². The van der Waals surface area contributed by atoms with Crippen LogP contribution >= 0.6 is 11.6 Å². The van der Waals surface area contributed by atoms with Gasteiger partial charge in [-0.3, -0.25) is 10.1 Å². The van der Waals surface area contributed by atoms with Crippen LogP contribution in [-0.4, -0.2) is 46.6 Å². The van der Waals surface area contributed by atoms with E-state index in [-0.39, 0.29) is 35.9 Å². The molecule has 41 heavy (non-hydrogen) atoms. The molecule has 0 unspecified atom stereocenters. The lowest BCUT2D eigenvalue weighted by atomic mass is 9.99. The number of aromatic amines is 1. The second kappa shape index (κ2) is 12.0. The minimum atomic E-state index is -0.891. The van der Waals surface area contributed by atoms with Crippen LogP contribution in [0.5, 0.6) is 0 Å². The Kier molecular flexibility index (Phi) is 8.20. The second-order valence-corrected chi connectivity index (χ2v) is 10.0. The SMILES string of the molecule is COC(=O)Nc1ccc2c(c1)NC(=O)CC/C=C/C[C@H](N1CC[C@@H](c3c(F)ccc(Cl)c3F)NC1=O)c1ncc-2[nH]1. The average molecular weight is 585 g/mol. The lowest BCUT2D eigenvalue weighted by Crippen LogP contribution is -2.49. The molecule has 0 aliphatic carbocycles. The zero-order chi connectivity index (χ0) is 29.1. The molecule has 1 saturated heterocycles. The van der Waals surface area contributed by atoms with Gasteiger partial charge >= 0.3 is 12.1 Å². The highest BCUT2D eigenvalue weighted by molar-refractivity contribution is 6.30. The molecule has 0 spiro atoms. The van der Waals surface area contributed by atoms with Crippen molar-refractivity contribution >= 4 is 41.0 Å². The minimum absolute atomic E-state index is 0.204. The summed E-state index contributed by atoms with van der Waals surface area (Å²) in [6.07, 6.45) is 5.97. The fraction of sp³-hybridized carbons (Fsp3) is 0.286. The van der Waals surface area contributed by atoms with Crippen LogP contribution in [0.15, 0.2) is 48.7 Å². The van der Waals surface area contributed by atoms with E-state index >= 15 is 0 Å². The van der Waals surface area contributed by atoms with Crippen LogP contribution in [0.1, 0.15) is 49.2 Å². The van der Waals surface area contributed by atoms with Crippen molar-refractivity contribution in [1.82, 2.24) is 20.2 Å². The molecule has 13 heteroatoms. The van der Waals surface area contributed by atoms with Crippen LogP contribution in [0.2, 0.25) is 5.02 Å². The van der Waals surface area contributed by atoms with Crippen molar-refractivity contribution in [2.24, 2.45) is 0 Å². The third-order valence-electron chi connectivity index (χ3n) is 7.01. The number of halogens is 3. The van der Waals surface area contributed by atoms with Gasteiger partial charge in [0, 0.05) is 29.8 Å². The van der Waals surface area contributed by atoms with Gasteiger partial charge in [-0.25, -0.2) is 23.4 Å². The molecule has 2 aromatic carbocycles. The van der Waals surface area contributed by atoms with E-state index in [9.17, 15) is 23.2 Å². The van der Waals surface area contributed by atoms with E-state index in [0.717, 1.165) is 12.1 Å². The van der Waals surface area contributed by atoms with Gasteiger partial charge < -0.3 is 25.3 Å². The molecule has 4 N–H and O–H groups in total. The van der Waals surface area contributed by atoms with Crippen molar-refractivity contribution in [2.75, 3.05) is 24.3 Å². The number of amides is 4. The predicted molar refractivity (Wildman–Crippen MR) is 148 cm³/mol. The molecule has 214 valence electrons. The zero-order valence-electron chi connectivity index (χ0n) is 22.0. The summed E-state index contributed by atoms with van der Waals surface area (Å²) >= 11 is 5.86. The number of aromatic nitrogens is 2. The normalized spacial score (nSPS) is 20.0. The van der Waals surface area contributed by atoms with Gasteiger partial charge in [-0.2, -0.15) is 0 Å². The summed E-state index contributed by atoms with van der Waals surface area (Å²) in [4.78, 5) is 47.0. The highest BCUT2D eigenvalue weighted by Gasteiger charge is 2.35. The fourth-order valence-electron chi connectivity index (χ4n) is 4.98. The number of benzene rings is 2. The van der Waals surface area contributed by atoms with Gasteiger partial charge in [0.15, 0.2) is 0 Å². The van der Waals surface area contributed by atoms with Crippen LogP contribution in [0.3, 0.4) is 0 Å². The van der Waals surface area contributed by atoms with Crippen LogP contribution in [0.4, 0.5) is 29.7 Å². The van der Waals surface area contributed by atoms with Gasteiger partial charge in [0.2, 0.25) is 5.91 Å². The van der Waals surface area contributed by atoms with E-state index in [1.165, 1.54) is 7.11 Å². The molecule has 1 aromatic heterocycles. The second-order valence-electron chi connectivity index (χ2n) is 9.61. The Balaban J connectivity index is 1.44. The lowest BCUT2D eigenvalue weighted by molar-refractivity contribution is -0.116. The predicted octanol–water partition coefficient (Wildman–Crippen LogP) is 6.06. The molecule has 4 amide bonds. The maximum absolute atomic E-state index is 14.7. The monoisotopic (exact) mass is 584 g/mol. The third-order valence-corrected chi connectivity index (χ3v) is 7.30. The highest BCUT2D eigenvalue weighted by atomic mass is 35.5. The number of rotatable bonds is 3. The summed E-state index contributed by atoms with van der Waals surface area (Å²) in [5, 5.41) is 7.96. The van der Waals surface area contributed by atoms with Crippen molar-refractivity contribution in [3.8, 4) is 11.3 Å². The summed E-state index contributed by atoms with van der Waals surface area (Å²) in [7, 11) is 1.25. The Bertz CT molecular complexity index is 1530. The molecule has 2 aliphatic rings. The molecule has 1 fully saturated rings. The average Bonchev–Trinajstić information content (AvgIpc) is 3.43. The van der Waals surface area contributed by atoms with Crippen molar-refractivity contribution in [3.63, 3.8) is 0 Å². The zero-order valence-corrected chi connectivity index (χ0v) is 22.7. The summed E-state index contributed by atoms with van der Waals surface area (Å²) in [5.74, 6) is -1.40. The number of hydrogen-bond donors (Lipinski definition) is 4. The van der Waals surface area contributed by atoms with E-state index in [2.05, 4.69) is 30.7 Å². The van der Waals surface area contributed by atoms with Crippen LogP contribution in [0.25, 0.3) is 11.3 Å². The number of fused-ring (bicyclic) bond motifs is 4. The van der Waals surface area contributed by atoms with Crippen molar-refractivity contribution in [2.45, 2.75) is 37.8 Å². The first-order valence-electron chi connectivity index (χ1n) is 12.9. The molecule has 2 aliphatic heterocycles. The van der Waals surface area contributed by atoms with E-state index in [4.69, 9.17) is 11.6 Å². The standard InChI is InChI=1S/C28H27ClF2N6O4/c1-41-28(40)33-15-7-8-16-20(13-15)34-23(38)6-4-2-3-5-22(26-32-14-21(16)35-26)37-12-11-19(36-27(37)39)24-18(30)10-9-17(29)25(24)31/h2-3,7-10,13-14,19,22H,4-6,11-12H2,1H3,(H,32,35)(H,33,40)(H,34,38)(H,36,39)/b3-2+/t19-,22-/m0/s1. The van der Waals surface area contributed by atoms with Gasteiger partial charge in [0.05, 0.1) is 41.8 Å². The number of urea groups is 1. The van der Waals surface area contributed by atoms with E-state index in [1.807, 2.05) is 12.2 Å². The Morgan fingerprint density at radius 3 is 2.80 bits per heavy atom. The number of H-pyrrole nitrogens is 1. The van der Waals surface area contributed by atoms with Gasteiger partial charge in [0.1, 0.15) is 17.5 Å². The Morgan fingerprint density at radius 1 is 1.20 bits per heavy atom. The summed E-state index contributed by atoms with van der Waals surface area (Å²) < 4.78 is 33.8. The Morgan fingerprint density at radius 2 is 2.02 bits per heavy atom. The van der Waals surface area contributed by atoms with Gasteiger partial charge in [-0.05, 0) is 49.6 Å². The van der Waals surface area contributed by atoms with Crippen molar-refractivity contribution in [1.29, 1.82) is 0 Å². The molecular formula is C28H27ClF2N6O4. The molecule has 2 bridgehead atoms. The van der Waals surface area contributed by atoms with Gasteiger partial charge in [-0.15, -0.1) is 0 Å². The Hall–Kier alpha value is -4.45. The van der Waals surface area contributed by atoms with Gasteiger partial charge in [-0.1, -0.05) is 23.8 Å². The summed E-state index contributed by atoms with van der Waals surface area (Å²) in [6, 6.07) is 5.30. The number of imidazole rings is 1. The number of anilines is 2. The molecule has 2 atom stereocenters. The van der Waals surface area contributed by atoms with Gasteiger partial charge in [0.25, 0.3) is 0 Å². The Labute approximate surface area is 239 Å². The van der Waals surface area contributed by atoms with Crippen LogP contribution in [0, 0.1) is 11.6 Å². The first-order chi connectivity index (χ1) is 19.7. The molecular weight excluding hydrogens is 558 g/mol. The maximum Gasteiger partial charge on any atom is 0.411 e. The number of methoxy groups -OCH3 is 1. The van der Waals surface area contributed by atoms with E-state index < -0.39 is 35.8 Å². The highest BCUT2D eigenvalue weighted by Crippen LogP contribution is 2.35. The number of allylic oxidation sites excluding steroid dienone is 1. The molecule has 3 aromatic rings. The summed E-state index contributed by atoms with van der Waals surface area (Å²) in [6.45, 7) is 0.204. The molecule has 3 heterocycles. The quantitative estimate of drug-likeness (QED) is 0.220. The molecule has 0 saturated carbocycles. The fourth-order valence-corrected chi connectivity index (χ4v) is 5.14. The van der Waals surface area contributed by atoms with Crippen LogP contribution in [-0.2, 0) is 9.53 Å². The number of hydrogen-bond acceptors (Lipinski definition) is 5. The first-order valence-corrected chi connectivity index (χ1v) is 13.3. The van der Waals surface area contributed by atoms with E-state index in [0.29, 0.717) is 41.3 Å². The number of nitrogens with zero attached hydrogens (tertiary/aromatic N) is 2. The largest absolute Gasteiger partial charge is 0.453 e. The number of carbonyl (C=O) groups excluding carboxylic acids is 3. The maximum atomic E-state index is 14.7. The smallest absolute Gasteiger partial charge is 0.411 e. The van der Waals surface area contributed by atoms with Crippen LogP contribution < -0.4 is 16.0 Å². The minimum Gasteiger partial charge on any atom is -0.453 e. The number of ether oxygens (including phenoxy) is 1. The molecule has 10 nitrogen and oxygen atoms in total. The molecule has 5 rings (SSSR count). The summed E-state index contributed by atoms with van der Waals surface area (Å²) in [5.41, 5.74) is 1.79. The topological polar surface area (TPSA) is 128 Å². The molecule has 0 radical (unpaired) electrons.